The Morgan fingerprint density at radius 2 is 1.95 bits per heavy atom. The van der Waals surface area contributed by atoms with Gasteiger partial charge in [0.1, 0.15) is 0 Å². The Kier molecular flexibility index (Phi) is 5.12. The van der Waals surface area contributed by atoms with E-state index in [1.807, 2.05) is 6.92 Å². The molecule has 5 nitrogen and oxygen atoms in total. The van der Waals surface area contributed by atoms with Crippen LogP contribution in [0.25, 0.3) is 0 Å². The molecule has 2 rings (SSSR count). The number of carbonyl (C=O) groups is 2. The Labute approximate surface area is 127 Å². The van der Waals surface area contributed by atoms with Crippen LogP contribution in [0.15, 0.2) is 0 Å². The zero-order chi connectivity index (χ0) is 15.5. The highest BCUT2D eigenvalue weighted by atomic mass is 16.4. The normalized spacial score (nSPS) is 33.5. The first-order valence-electron chi connectivity index (χ1n) is 8.25. The number of urea groups is 1. The van der Waals surface area contributed by atoms with Crippen molar-refractivity contribution < 1.29 is 14.7 Å². The van der Waals surface area contributed by atoms with E-state index in [1.165, 1.54) is 12.8 Å². The predicted octanol–water partition coefficient (Wildman–Crippen LogP) is 2.85. The second-order valence-corrected chi connectivity index (χ2v) is 6.87. The molecule has 0 bridgehead atoms. The molecule has 5 heteroatoms. The van der Waals surface area contributed by atoms with Crippen molar-refractivity contribution in [2.75, 3.05) is 13.1 Å². The van der Waals surface area contributed by atoms with Gasteiger partial charge in [0, 0.05) is 19.1 Å². The van der Waals surface area contributed by atoms with E-state index in [0.717, 1.165) is 25.2 Å². The van der Waals surface area contributed by atoms with Gasteiger partial charge in [-0.2, -0.15) is 0 Å². The van der Waals surface area contributed by atoms with E-state index in [4.69, 9.17) is 0 Å². The van der Waals surface area contributed by atoms with E-state index in [0.29, 0.717) is 25.9 Å². The highest BCUT2D eigenvalue weighted by molar-refractivity contribution is 5.79. The molecule has 1 aliphatic heterocycles. The smallest absolute Gasteiger partial charge is 0.317 e. The molecule has 1 atom stereocenters. The fourth-order valence-electron chi connectivity index (χ4n) is 3.59. The average Bonchev–Trinajstić information content (AvgIpc) is 2.49. The number of nitrogens with zero attached hydrogens (tertiary/aromatic N) is 1. The van der Waals surface area contributed by atoms with Crippen LogP contribution >= 0.6 is 0 Å². The van der Waals surface area contributed by atoms with Gasteiger partial charge in [0.25, 0.3) is 0 Å². The van der Waals surface area contributed by atoms with Gasteiger partial charge in [0.15, 0.2) is 0 Å². The summed E-state index contributed by atoms with van der Waals surface area (Å²) in [4.78, 5) is 25.6. The third kappa shape index (κ3) is 3.69. The third-order valence-corrected chi connectivity index (χ3v) is 5.34. The third-order valence-electron chi connectivity index (χ3n) is 5.34. The zero-order valence-corrected chi connectivity index (χ0v) is 13.2. The van der Waals surface area contributed by atoms with Gasteiger partial charge in [-0.15, -0.1) is 0 Å². The maximum absolute atomic E-state index is 12.4. The monoisotopic (exact) mass is 296 g/mol. The van der Waals surface area contributed by atoms with Gasteiger partial charge < -0.3 is 15.3 Å². The van der Waals surface area contributed by atoms with Crippen molar-refractivity contribution in [2.45, 2.75) is 64.8 Å². The Hall–Kier alpha value is -1.26. The first-order valence-corrected chi connectivity index (χ1v) is 8.25. The van der Waals surface area contributed by atoms with Crippen LogP contribution in [0.4, 0.5) is 4.79 Å². The number of nitrogens with one attached hydrogen (secondary N) is 1. The highest BCUT2D eigenvalue weighted by Crippen LogP contribution is 2.34. The number of carbonyl (C=O) groups excluding carboxylic acids is 1. The van der Waals surface area contributed by atoms with E-state index in [1.54, 1.807) is 4.90 Å². The lowest BCUT2D eigenvalue weighted by molar-refractivity contribution is -0.152. The van der Waals surface area contributed by atoms with Crippen molar-refractivity contribution in [3.8, 4) is 0 Å². The molecule has 2 N–H and O–H groups in total. The first-order chi connectivity index (χ1) is 9.97. The SMILES string of the molecule is CCC1(C(=O)O)CCCN(C(=O)NC2CCC(C)CC2)C1. The standard InChI is InChI=1S/C16H28N2O3/c1-3-16(14(19)20)9-4-10-18(11-16)15(21)17-13-7-5-12(2)6-8-13/h12-13H,3-11H2,1-2H3,(H,17,21)(H,19,20). The van der Waals surface area contributed by atoms with Gasteiger partial charge in [-0.25, -0.2) is 4.79 Å². The molecule has 2 fully saturated rings. The molecule has 21 heavy (non-hydrogen) atoms. The van der Waals surface area contributed by atoms with Crippen LogP contribution in [0.5, 0.6) is 0 Å². The summed E-state index contributed by atoms with van der Waals surface area (Å²) in [5.74, 6) is -0.0121. The van der Waals surface area contributed by atoms with E-state index in [-0.39, 0.29) is 12.1 Å². The molecule has 1 heterocycles. The van der Waals surface area contributed by atoms with Crippen LogP contribution in [-0.2, 0) is 4.79 Å². The molecule has 0 aromatic carbocycles. The Balaban J connectivity index is 1.91. The number of piperidine rings is 1. The first kappa shape index (κ1) is 16.1. The molecule has 0 aromatic heterocycles. The Morgan fingerprint density at radius 1 is 1.29 bits per heavy atom. The molecule has 0 aromatic rings. The summed E-state index contributed by atoms with van der Waals surface area (Å²) in [5, 5.41) is 12.6. The minimum absolute atomic E-state index is 0.0756. The van der Waals surface area contributed by atoms with Crippen molar-refractivity contribution in [1.29, 1.82) is 0 Å². The Bertz CT molecular complexity index is 391. The topological polar surface area (TPSA) is 69.6 Å². The number of rotatable bonds is 3. The summed E-state index contributed by atoms with van der Waals surface area (Å²) >= 11 is 0. The van der Waals surface area contributed by atoms with Crippen LogP contribution in [0.3, 0.4) is 0 Å². The number of hydrogen-bond donors (Lipinski definition) is 2. The van der Waals surface area contributed by atoms with Gasteiger partial charge in [-0.05, 0) is 50.9 Å². The second kappa shape index (κ2) is 6.67. The molecule has 1 saturated carbocycles. The van der Waals surface area contributed by atoms with Crippen LogP contribution < -0.4 is 5.32 Å². The molecule has 0 radical (unpaired) electrons. The van der Waals surface area contributed by atoms with Crippen molar-refractivity contribution >= 4 is 12.0 Å². The lowest BCUT2D eigenvalue weighted by Gasteiger charge is -2.40. The fraction of sp³-hybridized carbons (Fsp3) is 0.875. The number of aliphatic carboxylic acids is 1. The van der Waals surface area contributed by atoms with Crippen molar-refractivity contribution in [2.24, 2.45) is 11.3 Å². The average molecular weight is 296 g/mol. The van der Waals surface area contributed by atoms with Crippen molar-refractivity contribution in [3.05, 3.63) is 0 Å². The minimum Gasteiger partial charge on any atom is -0.481 e. The van der Waals surface area contributed by atoms with Crippen LogP contribution in [0.2, 0.25) is 0 Å². The number of likely N-dealkylation sites (tertiary alicyclic amines) is 1. The molecular formula is C16H28N2O3. The molecule has 1 aliphatic carbocycles. The molecule has 2 aliphatic rings. The van der Waals surface area contributed by atoms with Crippen LogP contribution in [0.1, 0.15) is 58.8 Å². The lowest BCUT2D eigenvalue weighted by atomic mass is 9.78. The molecule has 1 unspecified atom stereocenters. The van der Waals surface area contributed by atoms with E-state index >= 15 is 0 Å². The van der Waals surface area contributed by atoms with Crippen molar-refractivity contribution in [3.63, 3.8) is 0 Å². The number of hydrogen-bond acceptors (Lipinski definition) is 2. The summed E-state index contributed by atoms with van der Waals surface area (Å²) in [7, 11) is 0. The molecule has 120 valence electrons. The number of carboxylic acids is 1. The van der Waals surface area contributed by atoms with E-state index < -0.39 is 11.4 Å². The number of carboxylic acid groups (broad SMARTS) is 1. The van der Waals surface area contributed by atoms with Gasteiger partial charge in [0.2, 0.25) is 0 Å². The maximum atomic E-state index is 12.4. The van der Waals surface area contributed by atoms with E-state index in [2.05, 4.69) is 12.2 Å². The van der Waals surface area contributed by atoms with Crippen LogP contribution in [-0.4, -0.2) is 41.1 Å². The van der Waals surface area contributed by atoms with Gasteiger partial charge in [-0.3, -0.25) is 4.79 Å². The summed E-state index contributed by atoms with van der Waals surface area (Å²) in [6.07, 6.45) is 6.43. The van der Waals surface area contributed by atoms with Gasteiger partial charge in [0.05, 0.1) is 5.41 Å². The lowest BCUT2D eigenvalue weighted by Crippen LogP contribution is -2.54. The fourth-order valence-corrected chi connectivity index (χ4v) is 3.59. The summed E-state index contributed by atoms with van der Waals surface area (Å²) in [6, 6.07) is 0.185. The summed E-state index contributed by atoms with van der Waals surface area (Å²) in [5.41, 5.74) is -0.753. The molecular weight excluding hydrogens is 268 g/mol. The molecule has 0 spiro atoms. The molecule has 1 saturated heterocycles. The molecule has 2 amide bonds. The van der Waals surface area contributed by atoms with Crippen LogP contribution in [0, 0.1) is 11.3 Å². The van der Waals surface area contributed by atoms with Crippen molar-refractivity contribution in [1.82, 2.24) is 10.2 Å². The predicted molar refractivity (Wildman–Crippen MR) is 81.1 cm³/mol. The zero-order valence-electron chi connectivity index (χ0n) is 13.2. The number of amides is 2. The van der Waals surface area contributed by atoms with Gasteiger partial charge >= 0.3 is 12.0 Å². The Morgan fingerprint density at radius 3 is 2.52 bits per heavy atom. The second-order valence-electron chi connectivity index (χ2n) is 6.87. The summed E-state index contributed by atoms with van der Waals surface area (Å²) in [6.45, 7) is 5.17. The van der Waals surface area contributed by atoms with Gasteiger partial charge in [-0.1, -0.05) is 13.8 Å². The summed E-state index contributed by atoms with van der Waals surface area (Å²) < 4.78 is 0. The quantitative estimate of drug-likeness (QED) is 0.841. The largest absolute Gasteiger partial charge is 0.481 e. The maximum Gasteiger partial charge on any atom is 0.317 e. The minimum atomic E-state index is -0.769. The highest BCUT2D eigenvalue weighted by Gasteiger charge is 2.42. The van der Waals surface area contributed by atoms with E-state index in [9.17, 15) is 14.7 Å².